The lowest BCUT2D eigenvalue weighted by atomic mass is 10.2. The van der Waals surface area contributed by atoms with Gasteiger partial charge in [0.1, 0.15) is 0 Å². The first-order valence-corrected chi connectivity index (χ1v) is 5.24. The highest BCUT2D eigenvalue weighted by Gasteiger charge is 2.38. The quantitative estimate of drug-likeness (QED) is 0.913. The van der Waals surface area contributed by atoms with E-state index in [0.717, 1.165) is 4.68 Å². The van der Waals surface area contributed by atoms with Crippen molar-refractivity contribution < 1.29 is 13.2 Å². The number of pyridine rings is 1. The molecule has 0 spiro atoms. The number of hydrogen-bond acceptors (Lipinski definition) is 3. The SMILES string of the molecule is CNCc1cnn(-c2ccccn2)c1C(F)(F)F. The van der Waals surface area contributed by atoms with Gasteiger partial charge < -0.3 is 5.32 Å². The van der Waals surface area contributed by atoms with Gasteiger partial charge in [-0.1, -0.05) is 6.07 Å². The average molecular weight is 256 g/mol. The fraction of sp³-hybridized carbons (Fsp3) is 0.273. The normalized spacial score (nSPS) is 11.8. The van der Waals surface area contributed by atoms with Gasteiger partial charge in [-0.05, 0) is 19.2 Å². The molecule has 0 bridgehead atoms. The van der Waals surface area contributed by atoms with E-state index in [1.165, 1.54) is 18.5 Å². The van der Waals surface area contributed by atoms with Crippen molar-refractivity contribution in [2.75, 3.05) is 7.05 Å². The number of hydrogen-bond donors (Lipinski definition) is 1. The summed E-state index contributed by atoms with van der Waals surface area (Å²) >= 11 is 0. The summed E-state index contributed by atoms with van der Waals surface area (Å²) in [5.74, 6) is 0.146. The van der Waals surface area contributed by atoms with E-state index in [2.05, 4.69) is 15.4 Å². The van der Waals surface area contributed by atoms with E-state index in [4.69, 9.17) is 0 Å². The van der Waals surface area contributed by atoms with Crippen molar-refractivity contribution in [3.8, 4) is 5.82 Å². The van der Waals surface area contributed by atoms with Crippen LogP contribution >= 0.6 is 0 Å². The Kier molecular flexibility index (Phi) is 3.33. The molecule has 7 heteroatoms. The minimum atomic E-state index is -4.47. The Morgan fingerprint density at radius 2 is 2.11 bits per heavy atom. The molecule has 18 heavy (non-hydrogen) atoms. The predicted octanol–water partition coefficient (Wildman–Crippen LogP) is 2.01. The van der Waals surface area contributed by atoms with Crippen LogP contribution in [0.2, 0.25) is 0 Å². The second-order valence-electron chi connectivity index (χ2n) is 3.65. The van der Waals surface area contributed by atoms with E-state index in [1.807, 2.05) is 0 Å². The maximum atomic E-state index is 13.0. The number of aromatic nitrogens is 3. The third-order valence-corrected chi connectivity index (χ3v) is 2.35. The number of halogens is 3. The molecule has 2 aromatic rings. The first-order chi connectivity index (χ1) is 8.54. The van der Waals surface area contributed by atoms with Crippen LogP contribution in [0.25, 0.3) is 5.82 Å². The van der Waals surface area contributed by atoms with Gasteiger partial charge in [0.2, 0.25) is 0 Å². The highest BCUT2D eigenvalue weighted by Crippen LogP contribution is 2.33. The van der Waals surface area contributed by atoms with Crippen LogP contribution in [0.4, 0.5) is 13.2 Å². The van der Waals surface area contributed by atoms with Gasteiger partial charge in [0.05, 0.1) is 6.20 Å². The van der Waals surface area contributed by atoms with Crippen molar-refractivity contribution in [3.05, 3.63) is 41.9 Å². The summed E-state index contributed by atoms with van der Waals surface area (Å²) in [6.07, 6.45) is -1.84. The topological polar surface area (TPSA) is 42.7 Å². The molecule has 0 aliphatic carbocycles. The molecule has 0 amide bonds. The summed E-state index contributed by atoms with van der Waals surface area (Å²) < 4.78 is 39.9. The lowest BCUT2D eigenvalue weighted by molar-refractivity contribution is -0.143. The summed E-state index contributed by atoms with van der Waals surface area (Å²) in [5.41, 5.74) is -0.703. The van der Waals surface area contributed by atoms with E-state index < -0.39 is 11.9 Å². The lowest BCUT2D eigenvalue weighted by Gasteiger charge is -2.11. The molecule has 4 nitrogen and oxygen atoms in total. The van der Waals surface area contributed by atoms with Crippen molar-refractivity contribution in [2.45, 2.75) is 12.7 Å². The second kappa shape index (κ2) is 4.77. The van der Waals surface area contributed by atoms with Crippen molar-refractivity contribution in [2.24, 2.45) is 0 Å². The van der Waals surface area contributed by atoms with Gasteiger partial charge in [-0.25, -0.2) is 9.67 Å². The van der Waals surface area contributed by atoms with Crippen LogP contribution < -0.4 is 5.32 Å². The van der Waals surface area contributed by atoms with Crippen LogP contribution in [0.5, 0.6) is 0 Å². The van der Waals surface area contributed by atoms with Crippen LogP contribution in [0.3, 0.4) is 0 Å². The summed E-state index contributed by atoms with van der Waals surface area (Å²) in [4.78, 5) is 3.88. The number of nitrogens with one attached hydrogen (secondary N) is 1. The fourth-order valence-electron chi connectivity index (χ4n) is 1.66. The Morgan fingerprint density at radius 1 is 1.33 bits per heavy atom. The Morgan fingerprint density at radius 3 is 2.67 bits per heavy atom. The molecule has 0 radical (unpaired) electrons. The van der Waals surface area contributed by atoms with Crippen LogP contribution in [-0.2, 0) is 12.7 Å². The van der Waals surface area contributed by atoms with E-state index in [-0.39, 0.29) is 17.9 Å². The number of alkyl halides is 3. The smallest absolute Gasteiger partial charge is 0.316 e. The van der Waals surface area contributed by atoms with Gasteiger partial charge in [0.25, 0.3) is 0 Å². The molecule has 1 N–H and O–H groups in total. The van der Waals surface area contributed by atoms with Gasteiger partial charge in [-0.3, -0.25) is 0 Å². The molecule has 0 atom stereocenters. The van der Waals surface area contributed by atoms with Crippen molar-refractivity contribution in [3.63, 3.8) is 0 Å². The Labute approximate surface area is 101 Å². The summed E-state index contributed by atoms with van der Waals surface area (Å²) in [6, 6.07) is 4.72. The van der Waals surface area contributed by atoms with Gasteiger partial charge >= 0.3 is 6.18 Å². The maximum absolute atomic E-state index is 13.0. The molecule has 0 unspecified atom stereocenters. The minimum absolute atomic E-state index is 0.0932. The third-order valence-electron chi connectivity index (χ3n) is 2.35. The van der Waals surface area contributed by atoms with E-state index in [1.54, 1.807) is 19.2 Å². The van der Waals surface area contributed by atoms with Crippen LogP contribution in [0, 0.1) is 0 Å². The Hall–Kier alpha value is -1.89. The molecule has 2 rings (SSSR count). The predicted molar refractivity (Wildman–Crippen MR) is 59.1 cm³/mol. The molecule has 0 saturated carbocycles. The average Bonchev–Trinajstić information content (AvgIpc) is 2.74. The largest absolute Gasteiger partial charge is 0.433 e. The van der Waals surface area contributed by atoms with Gasteiger partial charge in [-0.15, -0.1) is 0 Å². The van der Waals surface area contributed by atoms with Gasteiger partial charge in [-0.2, -0.15) is 18.3 Å². The zero-order chi connectivity index (χ0) is 13.2. The summed E-state index contributed by atoms with van der Waals surface area (Å²) in [5, 5.41) is 6.45. The zero-order valence-electron chi connectivity index (χ0n) is 9.57. The highest BCUT2D eigenvalue weighted by atomic mass is 19.4. The second-order valence-corrected chi connectivity index (χ2v) is 3.65. The molecular weight excluding hydrogens is 245 g/mol. The fourth-order valence-corrected chi connectivity index (χ4v) is 1.66. The van der Waals surface area contributed by atoms with E-state index in [9.17, 15) is 13.2 Å². The molecule has 0 aliphatic rings. The molecule has 2 aromatic heterocycles. The number of rotatable bonds is 3. The molecule has 0 saturated heterocycles. The van der Waals surface area contributed by atoms with Crippen LogP contribution in [0.1, 0.15) is 11.3 Å². The van der Waals surface area contributed by atoms with Gasteiger partial charge in [0, 0.05) is 18.3 Å². The van der Waals surface area contributed by atoms with Crippen molar-refractivity contribution in [1.29, 1.82) is 0 Å². The van der Waals surface area contributed by atoms with E-state index >= 15 is 0 Å². The maximum Gasteiger partial charge on any atom is 0.433 e. The highest BCUT2D eigenvalue weighted by molar-refractivity contribution is 5.30. The first-order valence-electron chi connectivity index (χ1n) is 5.24. The molecule has 0 fully saturated rings. The Balaban J connectivity index is 2.55. The lowest BCUT2D eigenvalue weighted by Crippen LogP contribution is -2.18. The van der Waals surface area contributed by atoms with Crippen molar-refractivity contribution in [1.82, 2.24) is 20.1 Å². The molecular formula is C11H11F3N4. The number of nitrogens with zero attached hydrogens (tertiary/aromatic N) is 3. The summed E-state index contributed by atoms with van der Waals surface area (Å²) in [7, 11) is 1.58. The van der Waals surface area contributed by atoms with Crippen LogP contribution in [0.15, 0.2) is 30.6 Å². The third kappa shape index (κ3) is 2.35. The minimum Gasteiger partial charge on any atom is -0.316 e. The summed E-state index contributed by atoms with van der Waals surface area (Å²) in [6.45, 7) is 0.0989. The molecule has 2 heterocycles. The molecule has 96 valence electrons. The standard InChI is InChI=1S/C11H11F3N4/c1-15-6-8-7-17-18(10(8)11(12,13)14)9-4-2-3-5-16-9/h2-5,7,15H,6H2,1H3. The van der Waals surface area contributed by atoms with Gasteiger partial charge in [0.15, 0.2) is 11.5 Å². The van der Waals surface area contributed by atoms with Crippen LogP contribution in [-0.4, -0.2) is 21.8 Å². The van der Waals surface area contributed by atoms with E-state index in [0.29, 0.717) is 0 Å². The molecule has 0 aliphatic heterocycles. The monoisotopic (exact) mass is 256 g/mol. The first kappa shape index (κ1) is 12.6. The van der Waals surface area contributed by atoms with Crippen molar-refractivity contribution >= 4 is 0 Å². The Bertz CT molecular complexity index is 519. The zero-order valence-corrected chi connectivity index (χ0v) is 9.57. The molecule has 0 aromatic carbocycles.